The number of carboxylic acid groups (broad SMARTS) is 1. The van der Waals surface area contributed by atoms with Gasteiger partial charge in [-0.25, -0.2) is 0 Å². The number of para-hydroxylation sites is 1. The Kier molecular flexibility index (Phi) is 6.15. The Balaban J connectivity index is 2.33. The summed E-state index contributed by atoms with van der Waals surface area (Å²) < 4.78 is 0. The van der Waals surface area contributed by atoms with E-state index in [0.29, 0.717) is 0 Å². The van der Waals surface area contributed by atoms with E-state index in [-0.39, 0.29) is 6.42 Å². The van der Waals surface area contributed by atoms with Crippen LogP contribution < -0.4 is 5.32 Å². The second kappa shape index (κ2) is 7.71. The highest BCUT2D eigenvalue weighted by molar-refractivity contribution is 5.66. The number of hydrogen-bond acceptors (Lipinski definition) is 2. The van der Waals surface area contributed by atoms with Crippen LogP contribution in [0.3, 0.4) is 0 Å². The van der Waals surface area contributed by atoms with E-state index in [9.17, 15) is 4.79 Å². The lowest BCUT2D eigenvalue weighted by atomic mass is 10.1. The van der Waals surface area contributed by atoms with Crippen molar-refractivity contribution >= 4 is 11.7 Å². The van der Waals surface area contributed by atoms with Crippen molar-refractivity contribution in [1.29, 1.82) is 0 Å². The van der Waals surface area contributed by atoms with Gasteiger partial charge in [0.2, 0.25) is 0 Å². The van der Waals surface area contributed by atoms with Gasteiger partial charge in [0, 0.05) is 18.7 Å². The van der Waals surface area contributed by atoms with Crippen LogP contribution in [-0.2, 0) is 11.2 Å². The maximum Gasteiger partial charge on any atom is 0.303 e. The third-order valence-corrected chi connectivity index (χ3v) is 2.67. The van der Waals surface area contributed by atoms with Crippen LogP contribution in [0.5, 0.6) is 0 Å². The predicted molar refractivity (Wildman–Crippen MR) is 70.4 cm³/mol. The predicted octanol–water partition coefficient (Wildman–Crippen LogP) is 3.31. The second-order valence-electron chi connectivity index (χ2n) is 4.18. The Morgan fingerprint density at radius 2 is 2.06 bits per heavy atom. The summed E-state index contributed by atoms with van der Waals surface area (Å²) in [5.41, 5.74) is 2.53. The number of hydrogen-bond donors (Lipinski definition) is 2. The van der Waals surface area contributed by atoms with Crippen LogP contribution in [0, 0.1) is 0 Å². The Morgan fingerprint density at radius 1 is 1.29 bits per heavy atom. The number of rotatable bonds is 8. The van der Waals surface area contributed by atoms with Gasteiger partial charge in [-0.05, 0) is 30.9 Å². The first-order chi connectivity index (χ1) is 8.24. The minimum Gasteiger partial charge on any atom is -0.481 e. The van der Waals surface area contributed by atoms with Gasteiger partial charge in [0.05, 0.1) is 0 Å². The van der Waals surface area contributed by atoms with Gasteiger partial charge in [0.25, 0.3) is 0 Å². The summed E-state index contributed by atoms with van der Waals surface area (Å²) in [6.07, 6.45) is 4.11. The normalized spacial score (nSPS) is 10.2. The number of carbonyl (C=O) groups is 1. The highest BCUT2D eigenvalue weighted by atomic mass is 16.4. The molecule has 0 spiro atoms. The smallest absolute Gasteiger partial charge is 0.303 e. The summed E-state index contributed by atoms with van der Waals surface area (Å²) in [6, 6.07) is 8.31. The molecule has 0 saturated heterocycles. The summed E-state index contributed by atoms with van der Waals surface area (Å²) >= 11 is 0. The Morgan fingerprint density at radius 3 is 2.76 bits per heavy atom. The van der Waals surface area contributed by atoms with Gasteiger partial charge in [0.15, 0.2) is 0 Å². The minimum atomic E-state index is -0.712. The van der Waals surface area contributed by atoms with Crippen LogP contribution in [0.4, 0.5) is 5.69 Å². The molecule has 0 saturated carbocycles. The Hall–Kier alpha value is -1.51. The molecular weight excluding hydrogens is 214 g/mol. The molecule has 0 radical (unpaired) electrons. The number of aliphatic carboxylic acids is 1. The molecule has 3 nitrogen and oxygen atoms in total. The van der Waals surface area contributed by atoms with Crippen molar-refractivity contribution in [3.05, 3.63) is 29.8 Å². The monoisotopic (exact) mass is 235 g/mol. The molecule has 0 bridgehead atoms. The van der Waals surface area contributed by atoms with E-state index >= 15 is 0 Å². The quantitative estimate of drug-likeness (QED) is 0.680. The van der Waals surface area contributed by atoms with Gasteiger partial charge in [-0.15, -0.1) is 0 Å². The fraction of sp³-hybridized carbons (Fsp3) is 0.500. The Labute approximate surface area is 103 Å². The van der Waals surface area contributed by atoms with Crippen LogP contribution in [0.15, 0.2) is 24.3 Å². The molecule has 1 rings (SSSR count). The maximum absolute atomic E-state index is 10.4. The molecule has 0 heterocycles. The van der Waals surface area contributed by atoms with Crippen molar-refractivity contribution in [2.24, 2.45) is 0 Å². The fourth-order valence-electron chi connectivity index (χ4n) is 1.80. The molecule has 0 aromatic heterocycles. The molecule has 0 aliphatic carbocycles. The van der Waals surface area contributed by atoms with Crippen molar-refractivity contribution in [2.45, 2.75) is 39.0 Å². The summed E-state index contributed by atoms with van der Waals surface area (Å²) in [6.45, 7) is 3.01. The zero-order valence-electron chi connectivity index (χ0n) is 10.4. The zero-order chi connectivity index (χ0) is 12.5. The first kappa shape index (κ1) is 13.6. The highest BCUT2D eigenvalue weighted by Gasteiger charge is 2.00. The number of anilines is 1. The van der Waals surface area contributed by atoms with E-state index < -0.39 is 5.97 Å². The number of nitrogens with one attached hydrogen (secondary N) is 1. The number of benzene rings is 1. The summed E-state index contributed by atoms with van der Waals surface area (Å²) in [5.74, 6) is -0.712. The molecule has 3 heteroatoms. The van der Waals surface area contributed by atoms with E-state index in [1.165, 1.54) is 11.3 Å². The molecule has 94 valence electrons. The summed E-state index contributed by atoms with van der Waals surface area (Å²) in [5, 5.41) is 11.9. The van der Waals surface area contributed by atoms with E-state index in [1.807, 2.05) is 6.07 Å². The molecule has 1 aromatic rings. The lowest BCUT2D eigenvalue weighted by Gasteiger charge is -2.11. The SMILES string of the molecule is CCCc1ccccc1NCCCCC(=O)O. The van der Waals surface area contributed by atoms with Gasteiger partial charge in [0.1, 0.15) is 0 Å². The van der Waals surface area contributed by atoms with E-state index in [4.69, 9.17) is 5.11 Å². The fourth-order valence-corrected chi connectivity index (χ4v) is 1.80. The van der Waals surface area contributed by atoms with Crippen LogP contribution >= 0.6 is 0 Å². The topological polar surface area (TPSA) is 49.3 Å². The van der Waals surface area contributed by atoms with E-state index in [0.717, 1.165) is 32.2 Å². The van der Waals surface area contributed by atoms with Gasteiger partial charge in [-0.2, -0.15) is 0 Å². The van der Waals surface area contributed by atoms with Crippen LogP contribution in [0.2, 0.25) is 0 Å². The van der Waals surface area contributed by atoms with Crippen molar-refractivity contribution in [2.75, 3.05) is 11.9 Å². The zero-order valence-corrected chi connectivity index (χ0v) is 10.4. The first-order valence-electron chi connectivity index (χ1n) is 6.27. The number of unbranched alkanes of at least 4 members (excludes halogenated alkanes) is 1. The number of carboxylic acids is 1. The number of aryl methyl sites for hydroxylation is 1. The summed E-state index contributed by atoms with van der Waals surface area (Å²) in [7, 11) is 0. The van der Waals surface area contributed by atoms with Gasteiger partial charge in [-0.3, -0.25) is 4.79 Å². The molecule has 1 aromatic carbocycles. The Bertz CT molecular complexity index is 350. The van der Waals surface area contributed by atoms with E-state index in [1.54, 1.807) is 0 Å². The molecule has 0 fully saturated rings. The molecule has 17 heavy (non-hydrogen) atoms. The first-order valence-corrected chi connectivity index (χ1v) is 6.27. The van der Waals surface area contributed by atoms with Crippen LogP contribution in [0.1, 0.15) is 38.2 Å². The van der Waals surface area contributed by atoms with Crippen LogP contribution in [0.25, 0.3) is 0 Å². The molecule has 0 atom stereocenters. The largest absolute Gasteiger partial charge is 0.481 e. The van der Waals surface area contributed by atoms with Crippen molar-refractivity contribution in [1.82, 2.24) is 0 Å². The minimum absolute atomic E-state index is 0.262. The lowest BCUT2D eigenvalue weighted by molar-refractivity contribution is -0.137. The maximum atomic E-state index is 10.4. The van der Waals surface area contributed by atoms with E-state index in [2.05, 4.69) is 30.4 Å². The third-order valence-electron chi connectivity index (χ3n) is 2.67. The van der Waals surface area contributed by atoms with Crippen molar-refractivity contribution < 1.29 is 9.90 Å². The lowest BCUT2D eigenvalue weighted by Crippen LogP contribution is -2.05. The summed E-state index contributed by atoms with van der Waals surface area (Å²) in [4.78, 5) is 10.4. The van der Waals surface area contributed by atoms with Crippen molar-refractivity contribution in [3.63, 3.8) is 0 Å². The van der Waals surface area contributed by atoms with Gasteiger partial charge < -0.3 is 10.4 Å². The standard InChI is InChI=1S/C14H21NO2/c1-2-7-12-8-3-4-9-13(12)15-11-6-5-10-14(16)17/h3-4,8-9,15H,2,5-7,10-11H2,1H3,(H,16,17). The average molecular weight is 235 g/mol. The third kappa shape index (κ3) is 5.38. The molecule has 0 aliphatic heterocycles. The average Bonchev–Trinajstić information content (AvgIpc) is 2.31. The molecular formula is C14H21NO2. The van der Waals surface area contributed by atoms with Gasteiger partial charge in [-0.1, -0.05) is 31.5 Å². The highest BCUT2D eigenvalue weighted by Crippen LogP contribution is 2.16. The molecule has 0 amide bonds. The van der Waals surface area contributed by atoms with Crippen molar-refractivity contribution in [3.8, 4) is 0 Å². The second-order valence-corrected chi connectivity index (χ2v) is 4.18. The van der Waals surface area contributed by atoms with Crippen LogP contribution in [-0.4, -0.2) is 17.6 Å². The molecule has 2 N–H and O–H groups in total. The molecule has 0 aliphatic rings. The van der Waals surface area contributed by atoms with Gasteiger partial charge >= 0.3 is 5.97 Å². The molecule has 0 unspecified atom stereocenters.